The van der Waals surface area contributed by atoms with Gasteiger partial charge in [0.25, 0.3) is 0 Å². The van der Waals surface area contributed by atoms with E-state index in [4.69, 9.17) is 12.2 Å². The van der Waals surface area contributed by atoms with E-state index in [9.17, 15) is 9.90 Å². The third-order valence-corrected chi connectivity index (χ3v) is 7.13. The number of carbonyl (C=O) groups excluding carboxylic acids is 1. The van der Waals surface area contributed by atoms with Crippen LogP contribution < -0.4 is 0 Å². The average Bonchev–Trinajstić information content (AvgIpc) is 2.79. The molecular weight excluding hydrogens is 414 g/mol. The van der Waals surface area contributed by atoms with Crippen molar-refractivity contribution in [2.75, 3.05) is 7.05 Å². The van der Waals surface area contributed by atoms with Crippen molar-refractivity contribution < 1.29 is 9.90 Å². The van der Waals surface area contributed by atoms with Gasteiger partial charge in [-0.3, -0.25) is 9.69 Å². The largest absolute Gasteiger partial charge is 0.502 e. The number of hydrogen-bond donors (Lipinski definition) is 1. The number of aryl methyl sites for hydroxylation is 1. The Morgan fingerprint density at radius 3 is 2.47 bits per heavy atom. The summed E-state index contributed by atoms with van der Waals surface area (Å²) in [5, 5.41) is 9.54. The topological polar surface area (TPSA) is 40.5 Å². The number of thiocarbonyl (C=S) groups is 1. The van der Waals surface area contributed by atoms with Gasteiger partial charge in [-0.15, -0.1) is 0 Å². The van der Waals surface area contributed by atoms with Crippen molar-refractivity contribution in [1.82, 2.24) is 4.90 Å². The minimum absolute atomic E-state index is 0.00937. The first-order valence-corrected chi connectivity index (χ1v) is 12.4. The van der Waals surface area contributed by atoms with Crippen molar-refractivity contribution in [1.29, 1.82) is 0 Å². The molecule has 0 bridgehead atoms. The van der Waals surface area contributed by atoms with E-state index in [2.05, 4.69) is 43.1 Å². The molecule has 32 heavy (non-hydrogen) atoms. The number of benzene rings is 2. The van der Waals surface area contributed by atoms with Gasteiger partial charge < -0.3 is 5.11 Å². The van der Waals surface area contributed by atoms with Crippen molar-refractivity contribution in [2.24, 2.45) is 5.92 Å². The van der Waals surface area contributed by atoms with Crippen molar-refractivity contribution in [3.8, 4) is 11.1 Å². The highest BCUT2D eigenvalue weighted by Crippen LogP contribution is 2.31. The van der Waals surface area contributed by atoms with E-state index < -0.39 is 0 Å². The zero-order valence-electron chi connectivity index (χ0n) is 19.8. The molecule has 3 nitrogen and oxygen atoms in total. The first kappa shape index (κ1) is 24.6. The number of rotatable bonds is 10. The van der Waals surface area contributed by atoms with Crippen LogP contribution >= 0.6 is 12.2 Å². The summed E-state index contributed by atoms with van der Waals surface area (Å²) in [5.41, 5.74) is 5.32. The maximum atomic E-state index is 13.3. The van der Waals surface area contributed by atoms with E-state index in [-0.39, 0.29) is 16.8 Å². The Kier molecular flexibility index (Phi) is 9.01. The number of aliphatic hydroxyl groups excluding tert-OH is 1. The molecule has 0 saturated heterocycles. The molecule has 0 amide bonds. The third-order valence-electron chi connectivity index (χ3n) is 6.96. The number of carbonyl (C=O) groups is 1. The van der Waals surface area contributed by atoms with Crippen LogP contribution in [0.3, 0.4) is 0 Å². The highest BCUT2D eigenvalue weighted by Gasteiger charge is 2.21. The SMILES string of the molecule is CCC(CC(=O)c1ccc(CN(C)C2CCCCC2)cc1-c1ccccc1C)CC(O)=S. The molecule has 172 valence electrons. The van der Waals surface area contributed by atoms with Crippen LogP contribution in [0.25, 0.3) is 11.1 Å². The van der Waals surface area contributed by atoms with Gasteiger partial charge in [0, 0.05) is 31.0 Å². The highest BCUT2D eigenvalue weighted by molar-refractivity contribution is 7.80. The Balaban J connectivity index is 1.90. The highest BCUT2D eigenvalue weighted by atomic mass is 32.1. The second kappa shape index (κ2) is 11.7. The molecule has 0 radical (unpaired) electrons. The lowest BCUT2D eigenvalue weighted by atomic mass is 9.87. The van der Waals surface area contributed by atoms with Crippen molar-refractivity contribution in [2.45, 2.75) is 77.8 Å². The Bertz CT molecular complexity index is 933. The van der Waals surface area contributed by atoms with E-state index in [0.717, 1.165) is 29.7 Å². The standard InChI is InChI=1S/C28H37NO2S/c1-4-21(18-28(31)32)17-27(30)25-15-14-22(19-29(3)23-11-6-5-7-12-23)16-26(25)24-13-9-8-10-20(24)2/h8-10,13-16,21,23H,4-7,11-12,17-19H2,1-3H3,(H,31,32). The molecule has 4 heteroatoms. The molecule has 2 aromatic carbocycles. The summed E-state index contributed by atoms with van der Waals surface area (Å²) >= 11 is 4.88. The molecule has 1 fully saturated rings. The minimum atomic E-state index is -0.00937. The number of hydrogen-bond acceptors (Lipinski definition) is 3. The summed E-state index contributed by atoms with van der Waals surface area (Å²) in [5.74, 6) is 0.195. The lowest BCUT2D eigenvalue weighted by Gasteiger charge is -2.31. The summed E-state index contributed by atoms with van der Waals surface area (Å²) < 4.78 is 0. The van der Waals surface area contributed by atoms with Gasteiger partial charge in [0.2, 0.25) is 0 Å². The third kappa shape index (κ3) is 6.49. The van der Waals surface area contributed by atoms with Crippen LogP contribution in [0.5, 0.6) is 0 Å². The van der Waals surface area contributed by atoms with E-state index in [0.29, 0.717) is 18.9 Å². The monoisotopic (exact) mass is 451 g/mol. The van der Waals surface area contributed by atoms with Crippen molar-refractivity contribution in [3.05, 3.63) is 59.2 Å². The van der Waals surface area contributed by atoms with Crippen molar-refractivity contribution >= 4 is 23.1 Å². The van der Waals surface area contributed by atoms with Gasteiger partial charge in [-0.1, -0.05) is 69.0 Å². The van der Waals surface area contributed by atoms with E-state index >= 15 is 0 Å². The molecule has 0 spiro atoms. The second-order valence-electron chi connectivity index (χ2n) is 9.40. The molecule has 1 unspecified atom stereocenters. The van der Waals surface area contributed by atoms with Gasteiger partial charge in [0.05, 0.1) is 0 Å². The summed E-state index contributed by atoms with van der Waals surface area (Å²) in [6.07, 6.45) is 8.19. The van der Waals surface area contributed by atoms with Gasteiger partial charge >= 0.3 is 0 Å². The smallest absolute Gasteiger partial charge is 0.163 e. The number of Topliss-reactive ketones (excluding diaryl/α,β-unsaturated/α-hetero) is 1. The lowest BCUT2D eigenvalue weighted by molar-refractivity contribution is 0.0961. The Hall–Kier alpha value is -2.04. The quantitative estimate of drug-likeness (QED) is 0.304. The first-order valence-electron chi connectivity index (χ1n) is 12.0. The number of aliphatic hydroxyl groups is 1. The summed E-state index contributed by atoms with van der Waals surface area (Å²) in [4.78, 5) is 15.8. The molecule has 1 N–H and O–H groups in total. The Labute approximate surface area is 198 Å². The fourth-order valence-corrected chi connectivity index (χ4v) is 5.19. The maximum absolute atomic E-state index is 13.3. The van der Waals surface area contributed by atoms with Crippen LogP contribution in [0.4, 0.5) is 0 Å². The minimum Gasteiger partial charge on any atom is -0.502 e. The van der Waals surface area contributed by atoms with Crippen LogP contribution in [-0.4, -0.2) is 33.9 Å². The normalized spacial score (nSPS) is 15.6. The van der Waals surface area contributed by atoms with Crippen LogP contribution in [0, 0.1) is 12.8 Å². The fraction of sp³-hybridized carbons (Fsp3) is 0.500. The molecule has 1 atom stereocenters. The van der Waals surface area contributed by atoms with E-state index in [1.165, 1.54) is 43.2 Å². The molecule has 1 aliphatic rings. The van der Waals surface area contributed by atoms with Gasteiger partial charge in [-0.25, -0.2) is 0 Å². The zero-order valence-corrected chi connectivity index (χ0v) is 20.6. The molecule has 1 saturated carbocycles. The predicted octanol–water partition coefficient (Wildman–Crippen LogP) is 7.30. The summed E-state index contributed by atoms with van der Waals surface area (Å²) in [6, 6.07) is 15.3. The summed E-state index contributed by atoms with van der Waals surface area (Å²) in [6.45, 7) is 5.04. The predicted molar refractivity (Wildman–Crippen MR) is 138 cm³/mol. The number of nitrogens with zero attached hydrogens (tertiary/aromatic N) is 1. The Morgan fingerprint density at radius 1 is 1.09 bits per heavy atom. The van der Waals surface area contributed by atoms with Crippen LogP contribution in [-0.2, 0) is 6.54 Å². The van der Waals surface area contributed by atoms with Crippen molar-refractivity contribution in [3.63, 3.8) is 0 Å². The van der Waals surface area contributed by atoms with Gasteiger partial charge in [0.1, 0.15) is 0 Å². The van der Waals surface area contributed by atoms with Gasteiger partial charge in [-0.05, 0) is 73.3 Å². The van der Waals surface area contributed by atoms with Gasteiger partial charge in [-0.2, -0.15) is 0 Å². The first-order chi connectivity index (χ1) is 15.4. The lowest BCUT2D eigenvalue weighted by Crippen LogP contribution is -2.32. The maximum Gasteiger partial charge on any atom is 0.163 e. The van der Waals surface area contributed by atoms with E-state index in [1.54, 1.807) is 0 Å². The molecule has 0 heterocycles. The molecule has 0 aliphatic heterocycles. The molecule has 2 aromatic rings. The average molecular weight is 452 g/mol. The van der Waals surface area contributed by atoms with Crippen LogP contribution in [0.2, 0.25) is 0 Å². The fourth-order valence-electron chi connectivity index (χ4n) is 4.95. The van der Waals surface area contributed by atoms with Gasteiger partial charge in [0.15, 0.2) is 10.8 Å². The number of ketones is 1. The van der Waals surface area contributed by atoms with Crippen LogP contribution in [0.1, 0.15) is 79.8 Å². The van der Waals surface area contributed by atoms with E-state index in [1.807, 2.05) is 25.1 Å². The molecule has 0 aromatic heterocycles. The summed E-state index contributed by atoms with van der Waals surface area (Å²) in [7, 11) is 2.23. The molecular formula is C28H37NO2S. The zero-order chi connectivity index (χ0) is 23.1. The molecule has 1 aliphatic carbocycles. The Morgan fingerprint density at radius 2 is 1.81 bits per heavy atom. The second-order valence-corrected chi connectivity index (χ2v) is 9.87. The van der Waals surface area contributed by atoms with Crippen LogP contribution in [0.15, 0.2) is 42.5 Å². The molecule has 3 rings (SSSR count).